The van der Waals surface area contributed by atoms with Crippen LogP contribution < -0.4 is 29.0 Å². The molecule has 8 nitrogen and oxygen atoms in total. The minimum Gasteiger partial charge on any atom is -0.497 e. The van der Waals surface area contributed by atoms with Crippen LogP contribution in [0.4, 0.5) is 10.7 Å². The molecule has 0 radical (unpaired) electrons. The van der Waals surface area contributed by atoms with Crippen molar-refractivity contribution in [2.75, 3.05) is 40.9 Å². The summed E-state index contributed by atoms with van der Waals surface area (Å²) < 4.78 is 27.4. The molecule has 214 valence electrons. The summed E-state index contributed by atoms with van der Waals surface area (Å²) in [5.74, 6) is 3.01. The fourth-order valence-electron chi connectivity index (χ4n) is 5.09. The van der Waals surface area contributed by atoms with Crippen LogP contribution in [-0.4, -0.2) is 47.7 Å². The van der Waals surface area contributed by atoms with Crippen molar-refractivity contribution < 1.29 is 28.5 Å². The number of anilines is 1. The smallest absolute Gasteiger partial charge is 0.259 e. The first-order chi connectivity index (χ1) is 19.1. The van der Waals surface area contributed by atoms with Crippen LogP contribution in [0, 0.1) is 11.3 Å². The van der Waals surface area contributed by atoms with Gasteiger partial charge in [-0.2, -0.15) is 0 Å². The van der Waals surface area contributed by atoms with E-state index in [-0.39, 0.29) is 11.3 Å². The number of hydrogen-bond donors (Lipinski definition) is 1. The van der Waals surface area contributed by atoms with Crippen molar-refractivity contribution in [3.8, 4) is 28.7 Å². The Morgan fingerprint density at radius 1 is 0.950 bits per heavy atom. The Kier molecular flexibility index (Phi) is 8.93. The molecule has 1 atom stereocenters. The highest BCUT2D eigenvalue weighted by Gasteiger charge is 2.34. The van der Waals surface area contributed by atoms with Crippen molar-refractivity contribution in [1.82, 2.24) is 0 Å². The number of nitrogens with zero attached hydrogens (tertiary/aromatic N) is 1. The second-order valence-corrected chi connectivity index (χ2v) is 11.8. The molecule has 1 heterocycles. The number of aliphatic imine (C=N–C) groups is 1. The van der Waals surface area contributed by atoms with Crippen molar-refractivity contribution in [1.29, 1.82) is 0 Å². The molecule has 1 amide bonds. The van der Waals surface area contributed by atoms with E-state index in [9.17, 15) is 4.79 Å². The molecule has 0 spiro atoms. The minimum atomic E-state index is -0.232. The Morgan fingerprint density at radius 2 is 1.65 bits per heavy atom. The van der Waals surface area contributed by atoms with Crippen LogP contribution in [0.5, 0.6) is 28.7 Å². The van der Waals surface area contributed by atoms with Gasteiger partial charge in [-0.1, -0.05) is 20.8 Å². The van der Waals surface area contributed by atoms with Gasteiger partial charge in [-0.15, -0.1) is 11.3 Å². The number of nitrogens with one attached hydrogen (secondary N) is 1. The van der Waals surface area contributed by atoms with E-state index >= 15 is 0 Å². The van der Waals surface area contributed by atoms with E-state index in [1.165, 1.54) is 4.88 Å². The number of methoxy groups -OCH3 is 5. The number of thiophene rings is 1. The summed E-state index contributed by atoms with van der Waals surface area (Å²) in [4.78, 5) is 20.0. The molecule has 0 unspecified atom stereocenters. The first-order valence-corrected chi connectivity index (χ1v) is 14.0. The Balaban J connectivity index is 1.78. The summed E-state index contributed by atoms with van der Waals surface area (Å²) >= 11 is 1.58. The number of ether oxygens (including phenoxy) is 5. The van der Waals surface area contributed by atoms with E-state index in [0.29, 0.717) is 56.5 Å². The third kappa shape index (κ3) is 5.89. The molecule has 40 heavy (non-hydrogen) atoms. The van der Waals surface area contributed by atoms with Gasteiger partial charge in [0.2, 0.25) is 5.75 Å². The molecule has 4 rings (SSSR count). The summed E-state index contributed by atoms with van der Waals surface area (Å²) in [5, 5.41) is 3.70. The van der Waals surface area contributed by atoms with Gasteiger partial charge in [0.15, 0.2) is 11.5 Å². The van der Waals surface area contributed by atoms with E-state index in [4.69, 9.17) is 28.7 Å². The highest BCUT2D eigenvalue weighted by molar-refractivity contribution is 7.16. The lowest BCUT2D eigenvalue weighted by Crippen LogP contribution is -2.27. The van der Waals surface area contributed by atoms with Gasteiger partial charge >= 0.3 is 0 Å². The van der Waals surface area contributed by atoms with Crippen LogP contribution in [0.25, 0.3) is 0 Å². The molecule has 1 aromatic heterocycles. The molecular formula is C31H38N2O6S. The summed E-state index contributed by atoms with van der Waals surface area (Å²) in [7, 11) is 7.88. The molecule has 1 aliphatic rings. The maximum absolute atomic E-state index is 13.9. The fraction of sp³-hybridized carbons (Fsp3) is 0.419. The quantitative estimate of drug-likeness (QED) is 0.282. The fourth-order valence-corrected chi connectivity index (χ4v) is 6.36. The predicted molar refractivity (Wildman–Crippen MR) is 160 cm³/mol. The van der Waals surface area contributed by atoms with Crippen LogP contribution in [0.1, 0.15) is 53.6 Å². The Hall–Kier alpha value is -3.72. The Bertz CT molecular complexity index is 1410. The Labute approximate surface area is 240 Å². The number of carbonyl (C=O) groups excluding carboxylic acids is 1. The molecule has 2 aromatic carbocycles. The lowest BCUT2D eigenvalue weighted by molar-refractivity contribution is 0.102. The molecule has 0 fully saturated rings. The monoisotopic (exact) mass is 566 g/mol. The van der Waals surface area contributed by atoms with Crippen molar-refractivity contribution in [3.63, 3.8) is 0 Å². The number of amides is 1. The van der Waals surface area contributed by atoms with Gasteiger partial charge in [0.25, 0.3) is 5.91 Å². The second-order valence-electron chi connectivity index (χ2n) is 10.7. The lowest BCUT2D eigenvalue weighted by Gasteiger charge is -2.33. The van der Waals surface area contributed by atoms with E-state index in [1.807, 2.05) is 6.07 Å². The predicted octanol–water partition coefficient (Wildman–Crippen LogP) is 6.95. The van der Waals surface area contributed by atoms with Gasteiger partial charge in [0, 0.05) is 22.7 Å². The zero-order valence-electron chi connectivity index (χ0n) is 24.5. The number of hydrogen-bond acceptors (Lipinski definition) is 8. The van der Waals surface area contributed by atoms with Crippen molar-refractivity contribution >= 4 is 34.1 Å². The standard InChI is InChI=1S/C31H38N2O6S/c1-31(2,3)19-10-12-21-25(15-19)40-30(32-17-18-9-13-24(37-6)28(39-8)27(18)38-7)26(21)29(34)33-22-16-20(35-4)11-14-23(22)36-5/h9,11,13-14,16-17,19H,10,12,15H2,1-8H3,(H,33,34)/t19-/m0/s1. The van der Waals surface area contributed by atoms with Crippen molar-refractivity contribution in [3.05, 3.63) is 51.9 Å². The number of carbonyl (C=O) groups is 1. The van der Waals surface area contributed by atoms with Crippen LogP contribution in [-0.2, 0) is 12.8 Å². The van der Waals surface area contributed by atoms with Crippen LogP contribution in [0.2, 0.25) is 0 Å². The van der Waals surface area contributed by atoms with E-state index in [2.05, 4.69) is 26.1 Å². The molecule has 0 bridgehead atoms. The third-order valence-electron chi connectivity index (χ3n) is 7.41. The average Bonchev–Trinajstić information content (AvgIpc) is 3.32. The van der Waals surface area contributed by atoms with Gasteiger partial charge in [-0.05, 0) is 60.4 Å². The van der Waals surface area contributed by atoms with Gasteiger partial charge in [0.05, 0.1) is 46.8 Å². The lowest BCUT2D eigenvalue weighted by atomic mass is 9.72. The summed E-state index contributed by atoms with van der Waals surface area (Å²) in [5.41, 5.74) is 3.07. The number of rotatable bonds is 9. The minimum absolute atomic E-state index is 0.175. The maximum Gasteiger partial charge on any atom is 0.259 e. The van der Waals surface area contributed by atoms with E-state index in [1.54, 1.807) is 77.4 Å². The SMILES string of the molecule is COc1ccc(OC)c(NC(=O)c2c(N=Cc3ccc(OC)c(OC)c3OC)sc3c2CC[C@H](C(C)(C)C)C3)c1. The van der Waals surface area contributed by atoms with Crippen LogP contribution in [0.3, 0.4) is 0 Å². The molecule has 0 saturated carbocycles. The van der Waals surface area contributed by atoms with Crippen LogP contribution >= 0.6 is 11.3 Å². The molecule has 9 heteroatoms. The largest absolute Gasteiger partial charge is 0.497 e. The summed E-state index contributed by atoms with van der Waals surface area (Å²) in [6, 6.07) is 8.97. The van der Waals surface area contributed by atoms with Crippen molar-refractivity contribution in [2.45, 2.75) is 40.0 Å². The third-order valence-corrected chi connectivity index (χ3v) is 8.57. The molecule has 0 aliphatic heterocycles. The van der Waals surface area contributed by atoms with Gasteiger partial charge in [-0.3, -0.25) is 4.79 Å². The molecule has 0 saturated heterocycles. The van der Waals surface area contributed by atoms with Gasteiger partial charge in [-0.25, -0.2) is 4.99 Å². The highest BCUT2D eigenvalue weighted by atomic mass is 32.1. The first kappa shape index (κ1) is 29.3. The summed E-state index contributed by atoms with van der Waals surface area (Å²) in [6.07, 6.45) is 4.47. The van der Waals surface area contributed by atoms with Gasteiger partial charge < -0.3 is 29.0 Å². The first-order valence-electron chi connectivity index (χ1n) is 13.2. The zero-order chi connectivity index (χ0) is 29.0. The normalized spacial score (nSPS) is 14.9. The number of benzene rings is 2. The van der Waals surface area contributed by atoms with Gasteiger partial charge in [0.1, 0.15) is 16.5 Å². The molecule has 3 aromatic rings. The van der Waals surface area contributed by atoms with E-state index < -0.39 is 0 Å². The Morgan fingerprint density at radius 3 is 2.27 bits per heavy atom. The second kappa shape index (κ2) is 12.2. The molecule has 1 N–H and O–H groups in total. The number of fused-ring (bicyclic) bond motifs is 1. The average molecular weight is 567 g/mol. The van der Waals surface area contributed by atoms with Crippen LogP contribution in [0.15, 0.2) is 35.3 Å². The summed E-state index contributed by atoms with van der Waals surface area (Å²) in [6.45, 7) is 6.84. The van der Waals surface area contributed by atoms with E-state index in [0.717, 1.165) is 24.8 Å². The maximum atomic E-state index is 13.9. The van der Waals surface area contributed by atoms with Crippen molar-refractivity contribution in [2.24, 2.45) is 16.3 Å². The topological polar surface area (TPSA) is 87.6 Å². The molecular weight excluding hydrogens is 528 g/mol. The zero-order valence-corrected chi connectivity index (χ0v) is 25.3. The highest BCUT2D eigenvalue weighted by Crippen LogP contribution is 2.46. The molecule has 1 aliphatic carbocycles.